The molecule has 0 aromatic heterocycles. The molecule has 0 saturated carbocycles. The lowest BCUT2D eigenvalue weighted by atomic mass is 10.0. The lowest BCUT2D eigenvalue weighted by molar-refractivity contribution is 0.665. The van der Waals surface area contributed by atoms with Crippen molar-refractivity contribution in [1.29, 1.82) is 0 Å². The molecule has 0 saturated heterocycles. The minimum Gasteiger partial charge on any atom is -0.0727 e. The summed E-state index contributed by atoms with van der Waals surface area (Å²) in [6.45, 7) is 14.7. The highest BCUT2D eigenvalue weighted by Crippen LogP contribution is 2.16. The summed E-state index contributed by atoms with van der Waals surface area (Å²) in [5.41, 5.74) is 4.25. The maximum atomic E-state index is 2.33. The zero-order valence-electron chi connectivity index (χ0n) is 14.9. The lowest BCUT2D eigenvalue weighted by Gasteiger charge is -2.03. The Hall–Kier alpha value is -1.04. The molecule has 0 heterocycles. The van der Waals surface area contributed by atoms with Gasteiger partial charge >= 0.3 is 0 Å². The van der Waals surface area contributed by atoms with E-state index < -0.39 is 0 Å². The summed E-state index contributed by atoms with van der Waals surface area (Å²) in [6, 6.07) is 8.59. The van der Waals surface area contributed by atoms with Crippen molar-refractivity contribution >= 4 is 6.08 Å². The Morgan fingerprint density at radius 2 is 1.55 bits per heavy atom. The molecule has 0 amide bonds. The number of rotatable bonds is 6. The second-order valence-corrected chi connectivity index (χ2v) is 4.66. The highest BCUT2D eigenvalue weighted by molar-refractivity contribution is 5.55. The molecule has 1 rings (SSSR count). The molecule has 0 radical (unpaired) electrons. The van der Waals surface area contributed by atoms with E-state index >= 15 is 0 Å². The van der Waals surface area contributed by atoms with Gasteiger partial charge < -0.3 is 0 Å². The van der Waals surface area contributed by atoms with Crippen LogP contribution in [-0.2, 0) is 0 Å². The van der Waals surface area contributed by atoms with Gasteiger partial charge in [0.05, 0.1) is 0 Å². The maximum Gasteiger partial charge on any atom is -0.0228 e. The Bertz CT molecular complexity index is 334. The summed E-state index contributed by atoms with van der Waals surface area (Å²) in [5, 5.41) is 0. The van der Waals surface area contributed by atoms with Gasteiger partial charge in [-0.1, -0.05) is 89.8 Å². The first-order valence-corrected chi connectivity index (χ1v) is 8.47. The maximum absolute atomic E-state index is 2.33. The van der Waals surface area contributed by atoms with Gasteiger partial charge in [-0.3, -0.25) is 0 Å². The van der Waals surface area contributed by atoms with E-state index in [1.807, 2.05) is 27.7 Å². The van der Waals surface area contributed by atoms with Gasteiger partial charge in [0.15, 0.2) is 0 Å². The van der Waals surface area contributed by atoms with E-state index in [9.17, 15) is 0 Å². The van der Waals surface area contributed by atoms with E-state index in [0.29, 0.717) is 0 Å². The number of hydrogen-bond acceptors (Lipinski definition) is 0. The average molecular weight is 277 g/mol. The molecule has 0 spiro atoms. The summed E-state index contributed by atoms with van der Waals surface area (Å²) >= 11 is 0. The fraction of sp³-hybridized carbons (Fsp3) is 0.600. The van der Waals surface area contributed by atoms with Crippen molar-refractivity contribution in [2.45, 2.75) is 80.6 Å². The second kappa shape index (κ2) is 16.0. The van der Waals surface area contributed by atoms with Crippen LogP contribution in [0.25, 0.3) is 6.08 Å². The molecule has 0 fully saturated rings. The quantitative estimate of drug-likeness (QED) is 0.474. The van der Waals surface area contributed by atoms with Crippen molar-refractivity contribution in [3.63, 3.8) is 0 Å². The van der Waals surface area contributed by atoms with E-state index in [4.69, 9.17) is 0 Å². The standard InChI is InChI=1S/C16H24.2C2H6/c1-4-5-6-7-10-14(2)13-16-12-9-8-11-15(16)3;2*1-2/h8-9,11-13H,4-7,10H2,1-3H3;2*1-2H3/b14-13+;;. The fourth-order valence-corrected chi connectivity index (χ4v) is 1.92. The van der Waals surface area contributed by atoms with E-state index in [2.05, 4.69) is 51.1 Å². The Morgan fingerprint density at radius 1 is 0.950 bits per heavy atom. The Labute approximate surface area is 128 Å². The number of benzene rings is 1. The fourth-order valence-electron chi connectivity index (χ4n) is 1.92. The number of hydrogen-bond donors (Lipinski definition) is 0. The van der Waals surface area contributed by atoms with Crippen molar-refractivity contribution in [2.75, 3.05) is 0 Å². The molecule has 0 atom stereocenters. The van der Waals surface area contributed by atoms with Gasteiger partial charge in [0, 0.05) is 0 Å². The third kappa shape index (κ3) is 10.8. The van der Waals surface area contributed by atoms with Crippen LogP contribution in [0.5, 0.6) is 0 Å². The van der Waals surface area contributed by atoms with Gasteiger partial charge in [-0.2, -0.15) is 0 Å². The minimum absolute atomic E-state index is 1.24. The first-order valence-electron chi connectivity index (χ1n) is 8.47. The molecule has 0 bridgehead atoms. The van der Waals surface area contributed by atoms with Crippen molar-refractivity contribution in [1.82, 2.24) is 0 Å². The summed E-state index contributed by atoms with van der Waals surface area (Å²) < 4.78 is 0. The second-order valence-electron chi connectivity index (χ2n) is 4.66. The Balaban J connectivity index is 0. The van der Waals surface area contributed by atoms with E-state index in [1.165, 1.54) is 48.8 Å². The van der Waals surface area contributed by atoms with Crippen LogP contribution >= 0.6 is 0 Å². The van der Waals surface area contributed by atoms with Crippen molar-refractivity contribution < 1.29 is 0 Å². The van der Waals surface area contributed by atoms with Crippen LogP contribution in [-0.4, -0.2) is 0 Å². The monoisotopic (exact) mass is 276 g/mol. The van der Waals surface area contributed by atoms with Crippen LogP contribution in [0.1, 0.15) is 84.8 Å². The van der Waals surface area contributed by atoms with E-state index in [1.54, 1.807) is 0 Å². The van der Waals surface area contributed by atoms with E-state index in [-0.39, 0.29) is 0 Å². The molecule has 116 valence electrons. The largest absolute Gasteiger partial charge is 0.0727 e. The topological polar surface area (TPSA) is 0 Å². The summed E-state index contributed by atoms with van der Waals surface area (Å²) in [7, 11) is 0. The van der Waals surface area contributed by atoms with Gasteiger partial charge in [0.1, 0.15) is 0 Å². The van der Waals surface area contributed by atoms with Crippen LogP contribution in [0.3, 0.4) is 0 Å². The number of aryl methyl sites for hydroxylation is 1. The number of unbranched alkanes of at least 4 members (excludes halogenated alkanes) is 3. The minimum atomic E-state index is 1.24. The Kier molecular flexibility index (Phi) is 17.0. The highest BCUT2D eigenvalue weighted by atomic mass is 14.0. The molecule has 0 nitrogen and oxygen atoms in total. The van der Waals surface area contributed by atoms with Crippen LogP contribution in [0.4, 0.5) is 0 Å². The van der Waals surface area contributed by atoms with Gasteiger partial charge in [-0.05, 0) is 37.8 Å². The van der Waals surface area contributed by atoms with Gasteiger partial charge in [0.2, 0.25) is 0 Å². The molecule has 20 heavy (non-hydrogen) atoms. The predicted octanol–water partition coefficient (Wildman–Crippen LogP) is 7.42. The average Bonchev–Trinajstić information content (AvgIpc) is 2.50. The van der Waals surface area contributed by atoms with E-state index in [0.717, 1.165) is 0 Å². The van der Waals surface area contributed by atoms with Gasteiger partial charge in [0.25, 0.3) is 0 Å². The van der Waals surface area contributed by atoms with Crippen molar-refractivity contribution in [3.05, 3.63) is 41.0 Å². The third-order valence-electron chi connectivity index (χ3n) is 3.02. The first kappa shape index (κ1) is 21.3. The van der Waals surface area contributed by atoms with Crippen LogP contribution < -0.4 is 0 Å². The van der Waals surface area contributed by atoms with Crippen LogP contribution in [0.15, 0.2) is 29.8 Å². The zero-order valence-corrected chi connectivity index (χ0v) is 14.9. The summed E-state index contributed by atoms with van der Waals surface area (Å²) in [4.78, 5) is 0. The highest BCUT2D eigenvalue weighted by Gasteiger charge is 1.95. The molecule has 0 heteroatoms. The molecule has 0 aliphatic heterocycles. The first-order chi connectivity index (χ1) is 9.74. The van der Waals surface area contributed by atoms with Crippen LogP contribution in [0, 0.1) is 6.92 Å². The molecule has 1 aromatic carbocycles. The summed E-state index contributed by atoms with van der Waals surface area (Å²) in [5.74, 6) is 0. The molecule has 0 aliphatic carbocycles. The normalized spacial score (nSPS) is 10.1. The molecule has 0 aliphatic rings. The molecule has 0 unspecified atom stereocenters. The summed E-state index contributed by atoms with van der Waals surface area (Å²) in [6.07, 6.45) is 8.98. The predicted molar refractivity (Wildman–Crippen MR) is 96.3 cm³/mol. The Morgan fingerprint density at radius 3 is 2.10 bits per heavy atom. The lowest BCUT2D eigenvalue weighted by Crippen LogP contribution is -1.83. The molecule has 0 N–H and O–H groups in total. The number of allylic oxidation sites excluding steroid dienone is 1. The SMILES string of the molecule is CC.CC.CCCCCC/C(C)=C/c1ccccc1C. The van der Waals surface area contributed by atoms with Crippen LogP contribution in [0.2, 0.25) is 0 Å². The van der Waals surface area contributed by atoms with Crippen molar-refractivity contribution in [3.8, 4) is 0 Å². The molecule has 1 aromatic rings. The van der Waals surface area contributed by atoms with Gasteiger partial charge in [-0.15, -0.1) is 0 Å². The van der Waals surface area contributed by atoms with Gasteiger partial charge in [-0.25, -0.2) is 0 Å². The zero-order chi connectivity index (χ0) is 15.8. The molecular weight excluding hydrogens is 240 g/mol. The van der Waals surface area contributed by atoms with Crippen molar-refractivity contribution in [2.24, 2.45) is 0 Å². The molecular formula is C20H36. The third-order valence-corrected chi connectivity index (χ3v) is 3.02. The smallest absolute Gasteiger partial charge is 0.0228 e.